The summed E-state index contributed by atoms with van der Waals surface area (Å²) in [4.78, 5) is 12.2. The monoisotopic (exact) mass is 439 g/mol. The van der Waals surface area contributed by atoms with Crippen molar-refractivity contribution in [3.8, 4) is 17.1 Å². The maximum absolute atomic E-state index is 12.2. The Morgan fingerprint density at radius 3 is 2.73 bits per heavy atom. The van der Waals surface area contributed by atoms with Crippen LogP contribution in [0.5, 0.6) is 5.75 Å². The van der Waals surface area contributed by atoms with E-state index >= 15 is 0 Å². The number of carbonyl (C=O) groups is 1. The first-order valence-corrected chi connectivity index (χ1v) is 10.4. The summed E-state index contributed by atoms with van der Waals surface area (Å²) in [7, 11) is 1.62. The first-order chi connectivity index (χ1) is 14.6. The molecule has 152 valence electrons. The van der Waals surface area contributed by atoms with E-state index in [0.29, 0.717) is 28.1 Å². The number of carbonyl (C=O) groups excluding carboxylic acids is 1. The number of hydrogen-bond acceptors (Lipinski definition) is 6. The summed E-state index contributed by atoms with van der Waals surface area (Å²) in [6.45, 7) is 0. The summed E-state index contributed by atoms with van der Waals surface area (Å²) in [5.41, 5.74) is 1.86. The average molecular weight is 440 g/mol. The number of methoxy groups -OCH3 is 1. The van der Waals surface area contributed by atoms with Gasteiger partial charge in [-0.2, -0.15) is 5.10 Å². The van der Waals surface area contributed by atoms with Crippen molar-refractivity contribution in [3.63, 3.8) is 0 Å². The smallest absolute Gasteiger partial charge is 0.239 e. The van der Waals surface area contributed by atoms with Gasteiger partial charge in [0.15, 0.2) is 5.17 Å². The molecular weight excluding hydrogens is 422 g/mol. The lowest BCUT2D eigenvalue weighted by Crippen LogP contribution is -2.25. The maximum atomic E-state index is 12.2. The number of amides is 1. The first-order valence-electron chi connectivity index (χ1n) is 9.18. The van der Waals surface area contributed by atoms with E-state index in [1.807, 2.05) is 54.6 Å². The zero-order valence-electron chi connectivity index (χ0n) is 16.0. The van der Waals surface area contributed by atoms with Gasteiger partial charge in [0, 0.05) is 5.56 Å². The van der Waals surface area contributed by atoms with Gasteiger partial charge in [-0.15, -0.1) is 5.10 Å². The first kappa shape index (κ1) is 20.3. The molecule has 6 nitrogen and oxygen atoms in total. The van der Waals surface area contributed by atoms with E-state index in [-0.39, 0.29) is 11.2 Å². The number of halogens is 1. The normalized spacial score (nSPS) is 17.6. The SMILES string of the molecule is COc1ccc(C[C@H]2S/C(=N\N=C/c3ccc(-c4ccccc4Cl)o3)NC2=O)cc1. The number of benzene rings is 2. The predicted octanol–water partition coefficient (Wildman–Crippen LogP) is 4.77. The van der Waals surface area contributed by atoms with Crippen molar-refractivity contribution in [2.45, 2.75) is 11.7 Å². The van der Waals surface area contributed by atoms with Gasteiger partial charge in [0.25, 0.3) is 0 Å². The highest BCUT2D eigenvalue weighted by atomic mass is 35.5. The van der Waals surface area contributed by atoms with Gasteiger partial charge in [-0.25, -0.2) is 0 Å². The number of hydrogen-bond donors (Lipinski definition) is 1. The molecule has 3 aromatic rings. The van der Waals surface area contributed by atoms with Gasteiger partial charge < -0.3 is 14.5 Å². The molecule has 2 heterocycles. The van der Waals surface area contributed by atoms with Crippen LogP contribution in [0, 0.1) is 0 Å². The van der Waals surface area contributed by atoms with Crippen LogP contribution in [-0.2, 0) is 11.2 Å². The summed E-state index contributed by atoms with van der Waals surface area (Å²) in [5.74, 6) is 1.90. The van der Waals surface area contributed by atoms with E-state index in [1.54, 1.807) is 13.2 Å². The molecule has 0 radical (unpaired) electrons. The van der Waals surface area contributed by atoms with E-state index in [4.69, 9.17) is 20.8 Å². The fraction of sp³-hybridized carbons (Fsp3) is 0.136. The number of rotatable bonds is 6. The van der Waals surface area contributed by atoms with Crippen LogP contribution in [0.25, 0.3) is 11.3 Å². The summed E-state index contributed by atoms with van der Waals surface area (Å²) in [6, 6.07) is 18.7. The molecule has 2 aromatic carbocycles. The molecule has 0 aliphatic carbocycles. The molecule has 0 spiro atoms. The van der Waals surface area contributed by atoms with Crippen molar-refractivity contribution < 1.29 is 13.9 Å². The predicted molar refractivity (Wildman–Crippen MR) is 120 cm³/mol. The summed E-state index contributed by atoms with van der Waals surface area (Å²) >= 11 is 7.55. The van der Waals surface area contributed by atoms with Gasteiger partial charge in [0.05, 0.1) is 23.6 Å². The molecule has 1 aliphatic heterocycles. The van der Waals surface area contributed by atoms with Crippen LogP contribution >= 0.6 is 23.4 Å². The fourth-order valence-electron chi connectivity index (χ4n) is 2.93. The number of ether oxygens (including phenoxy) is 1. The fourth-order valence-corrected chi connectivity index (χ4v) is 4.12. The van der Waals surface area contributed by atoms with Gasteiger partial charge in [0.1, 0.15) is 17.3 Å². The Balaban J connectivity index is 1.38. The zero-order valence-corrected chi connectivity index (χ0v) is 17.6. The molecule has 1 fully saturated rings. The van der Waals surface area contributed by atoms with E-state index in [0.717, 1.165) is 16.9 Å². The Morgan fingerprint density at radius 2 is 1.97 bits per heavy atom. The molecule has 1 amide bonds. The number of amidine groups is 1. The Hall–Kier alpha value is -3.03. The molecular formula is C22H18ClN3O3S. The van der Waals surface area contributed by atoms with E-state index in [2.05, 4.69) is 15.5 Å². The van der Waals surface area contributed by atoms with Gasteiger partial charge in [0.2, 0.25) is 5.91 Å². The molecule has 1 aliphatic rings. The van der Waals surface area contributed by atoms with Crippen LogP contribution in [0.1, 0.15) is 11.3 Å². The van der Waals surface area contributed by atoms with Crippen LogP contribution in [0.2, 0.25) is 5.02 Å². The molecule has 30 heavy (non-hydrogen) atoms. The van der Waals surface area contributed by atoms with Crippen LogP contribution < -0.4 is 10.1 Å². The Bertz CT molecular complexity index is 1110. The van der Waals surface area contributed by atoms with Gasteiger partial charge >= 0.3 is 0 Å². The van der Waals surface area contributed by atoms with Crippen molar-refractivity contribution in [1.29, 1.82) is 0 Å². The van der Waals surface area contributed by atoms with Crippen LogP contribution in [0.3, 0.4) is 0 Å². The molecule has 1 atom stereocenters. The van der Waals surface area contributed by atoms with Gasteiger partial charge in [-0.3, -0.25) is 4.79 Å². The zero-order chi connectivity index (χ0) is 20.9. The van der Waals surface area contributed by atoms with Gasteiger partial charge in [-0.05, 0) is 48.4 Å². The van der Waals surface area contributed by atoms with Crippen molar-refractivity contribution in [2.75, 3.05) is 7.11 Å². The third-order valence-corrected chi connectivity index (χ3v) is 5.86. The molecule has 1 saturated heterocycles. The largest absolute Gasteiger partial charge is 0.497 e. The molecule has 4 rings (SSSR count). The van der Waals surface area contributed by atoms with Crippen molar-refractivity contribution in [3.05, 3.63) is 77.0 Å². The highest BCUT2D eigenvalue weighted by molar-refractivity contribution is 8.15. The van der Waals surface area contributed by atoms with Crippen LogP contribution in [-0.4, -0.2) is 29.6 Å². The minimum atomic E-state index is -0.247. The third-order valence-electron chi connectivity index (χ3n) is 4.46. The molecule has 1 aromatic heterocycles. The number of nitrogens with one attached hydrogen (secondary N) is 1. The minimum Gasteiger partial charge on any atom is -0.497 e. The summed E-state index contributed by atoms with van der Waals surface area (Å²) in [6.07, 6.45) is 2.10. The molecule has 0 bridgehead atoms. The van der Waals surface area contributed by atoms with Crippen molar-refractivity contribution >= 4 is 40.7 Å². The summed E-state index contributed by atoms with van der Waals surface area (Å²) in [5, 5.41) is 11.7. The Kier molecular flexibility index (Phi) is 6.21. The summed E-state index contributed by atoms with van der Waals surface area (Å²) < 4.78 is 10.9. The second kappa shape index (κ2) is 9.19. The molecule has 0 saturated carbocycles. The van der Waals surface area contributed by atoms with Crippen LogP contribution in [0.15, 0.2) is 75.3 Å². The minimum absolute atomic E-state index is 0.0798. The lowest BCUT2D eigenvalue weighted by Gasteiger charge is -2.06. The molecule has 0 unspecified atom stereocenters. The maximum Gasteiger partial charge on any atom is 0.239 e. The van der Waals surface area contributed by atoms with Gasteiger partial charge in [-0.1, -0.05) is 47.6 Å². The topological polar surface area (TPSA) is 76.2 Å². The van der Waals surface area contributed by atoms with E-state index in [1.165, 1.54) is 18.0 Å². The highest BCUT2D eigenvalue weighted by Crippen LogP contribution is 2.29. The van der Waals surface area contributed by atoms with E-state index in [9.17, 15) is 4.79 Å². The lowest BCUT2D eigenvalue weighted by atomic mass is 10.1. The highest BCUT2D eigenvalue weighted by Gasteiger charge is 2.30. The van der Waals surface area contributed by atoms with E-state index < -0.39 is 0 Å². The lowest BCUT2D eigenvalue weighted by molar-refractivity contribution is -0.118. The number of furan rings is 1. The van der Waals surface area contributed by atoms with Crippen molar-refractivity contribution in [2.24, 2.45) is 10.2 Å². The van der Waals surface area contributed by atoms with Crippen molar-refractivity contribution in [1.82, 2.24) is 5.32 Å². The second-order valence-electron chi connectivity index (χ2n) is 6.48. The number of nitrogens with zero attached hydrogens (tertiary/aromatic N) is 2. The molecule has 1 N–H and O–H groups in total. The third kappa shape index (κ3) is 4.75. The standard InChI is InChI=1S/C22H18ClN3O3S/c1-28-15-8-6-14(7-9-15)12-20-21(27)25-22(30-20)26-24-13-16-10-11-19(29-16)17-4-2-3-5-18(17)23/h2-11,13,20H,12H2,1H3,(H,25,26,27)/b24-13-/t20-/m1/s1. The average Bonchev–Trinajstić information content (AvgIpc) is 3.36. The molecule has 8 heteroatoms. The van der Waals surface area contributed by atoms with Crippen LogP contribution in [0.4, 0.5) is 0 Å². The number of thioether (sulfide) groups is 1. The second-order valence-corrected chi connectivity index (χ2v) is 8.08. The Morgan fingerprint density at radius 1 is 1.17 bits per heavy atom. The Labute approximate surface area is 183 Å². The quantitative estimate of drug-likeness (QED) is 0.443.